The second-order valence-corrected chi connectivity index (χ2v) is 6.77. The van der Waals surface area contributed by atoms with Crippen LogP contribution >= 0.6 is 11.6 Å². The number of carboxylic acid groups (broad SMARTS) is 1. The number of aromatic carboxylic acids is 1. The number of hydrogen-bond donors (Lipinski definition) is 2. The van der Waals surface area contributed by atoms with E-state index in [1.54, 1.807) is 24.3 Å². The third kappa shape index (κ3) is 5.65. The molecule has 0 fully saturated rings. The predicted octanol–water partition coefficient (Wildman–Crippen LogP) is 5.63. The summed E-state index contributed by atoms with van der Waals surface area (Å²) in [6.45, 7) is 3.35. The van der Waals surface area contributed by atoms with Crippen molar-refractivity contribution in [3.05, 3.63) is 88.4 Å². The smallest absolute Gasteiger partial charge is 0.335 e. The summed E-state index contributed by atoms with van der Waals surface area (Å²) in [4.78, 5) is 11.0. The lowest BCUT2D eigenvalue weighted by Gasteiger charge is -2.17. The van der Waals surface area contributed by atoms with E-state index in [0.29, 0.717) is 36.3 Å². The minimum atomic E-state index is -0.946. The fourth-order valence-corrected chi connectivity index (χ4v) is 2.92. The number of hydrogen-bond acceptors (Lipinski definition) is 4. The molecule has 0 aliphatic carbocycles. The van der Waals surface area contributed by atoms with Crippen molar-refractivity contribution in [3.8, 4) is 11.5 Å². The van der Waals surface area contributed by atoms with Crippen molar-refractivity contribution >= 4 is 23.3 Å². The average molecular weight is 412 g/mol. The molecule has 0 saturated carbocycles. The number of nitrogens with one attached hydrogen (secondary N) is 1. The van der Waals surface area contributed by atoms with E-state index in [1.165, 1.54) is 0 Å². The van der Waals surface area contributed by atoms with Gasteiger partial charge >= 0.3 is 5.97 Å². The van der Waals surface area contributed by atoms with Crippen LogP contribution < -0.4 is 14.8 Å². The lowest BCUT2D eigenvalue weighted by atomic mass is 10.1. The molecule has 0 amide bonds. The van der Waals surface area contributed by atoms with Gasteiger partial charge in [-0.3, -0.25) is 0 Å². The van der Waals surface area contributed by atoms with Crippen LogP contribution in [0.25, 0.3) is 0 Å². The summed E-state index contributed by atoms with van der Waals surface area (Å²) >= 11 is 5.95. The molecule has 0 unspecified atom stereocenters. The summed E-state index contributed by atoms with van der Waals surface area (Å²) in [5.74, 6) is 0.416. The minimum absolute atomic E-state index is 0.251. The molecule has 3 aromatic carbocycles. The number of rotatable bonds is 9. The van der Waals surface area contributed by atoms with Crippen molar-refractivity contribution in [3.63, 3.8) is 0 Å². The maximum atomic E-state index is 11.0. The van der Waals surface area contributed by atoms with Gasteiger partial charge in [0, 0.05) is 22.8 Å². The normalized spacial score (nSPS) is 10.4. The summed E-state index contributed by atoms with van der Waals surface area (Å²) < 4.78 is 11.8. The van der Waals surface area contributed by atoms with Crippen LogP contribution in [-0.4, -0.2) is 17.7 Å². The molecule has 0 atom stereocenters. The van der Waals surface area contributed by atoms with Crippen molar-refractivity contribution in [2.45, 2.75) is 20.1 Å². The second kappa shape index (κ2) is 9.85. The van der Waals surface area contributed by atoms with Crippen LogP contribution in [0.3, 0.4) is 0 Å². The van der Waals surface area contributed by atoms with Crippen LogP contribution in [-0.2, 0) is 13.2 Å². The zero-order chi connectivity index (χ0) is 20.6. The van der Waals surface area contributed by atoms with Crippen molar-refractivity contribution in [2.24, 2.45) is 0 Å². The van der Waals surface area contributed by atoms with Gasteiger partial charge in [0.25, 0.3) is 0 Å². The molecular weight excluding hydrogens is 390 g/mol. The lowest BCUT2D eigenvalue weighted by molar-refractivity contribution is 0.0697. The van der Waals surface area contributed by atoms with Gasteiger partial charge < -0.3 is 19.9 Å². The van der Waals surface area contributed by atoms with Crippen LogP contribution in [0.4, 0.5) is 5.69 Å². The molecule has 0 radical (unpaired) electrons. The van der Waals surface area contributed by atoms with E-state index in [1.807, 2.05) is 49.4 Å². The van der Waals surface area contributed by atoms with Crippen molar-refractivity contribution in [2.75, 3.05) is 11.9 Å². The first-order chi connectivity index (χ1) is 14.1. The molecule has 0 heterocycles. The second-order valence-electron chi connectivity index (χ2n) is 6.33. The van der Waals surface area contributed by atoms with Gasteiger partial charge in [-0.15, -0.1) is 0 Å². The van der Waals surface area contributed by atoms with Gasteiger partial charge in [-0.05, 0) is 55.0 Å². The number of para-hydroxylation sites is 1. The Morgan fingerprint density at radius 2 is 1.72 bits per heavy atom. The number of carboxylic acids is 1. The van der Waals surface area contributed by atoms with E-state index >= 15 is 0 Å². The fourth-order valence-electron chi connectivity index (χ4n) is 2.80. The van der Waals surface area contributed by atoms with Crippen LogP contribution in [0, 0.1) is 0 Å². The van der Waals surface area contributed by atoms with Gasteiger partial charge in [0.2, 0.25) is 0 Å². The predicted molar refractivity (Wildman–Crippen MR) is 114 cm³/mol. The van der Waals surface area contributed by atoms with Gasteiger partial charge in [-0.1, -0.05) is 35.9 Å². The molecule has 0 aliphatic rings. The SMILES string of the molecule is CCOc1cccc(CNc2ccc(C(=O)O)cc2)c1OCc1ccc(Cl)cc1. The first-order valence-corrected chi connectivity index (χ1v) is 9.63. The highest BCUT2D eigenvalue weighted by atomic mass is 35.5. The van der Waals surface area contributed by atoms with Crippen LogP contribution in [0.15, 0.2) is 66.7 Å². The zero-order valence-electron chi connectivity index (χ0n) is 16.0. The third-order valence-corrected chi connectivity index (χ3v) is 4.52. The molecule has 3 aromatic rings. The molecule has 3 rings (SSSR count). The van der Waals surface area contributed by atoms with Crippen LogP contribution in [0.1, 0.15) is 28.4 Å². The molecule has 0 saturated heterocycles. The fraction of sp³-hybridized carbons (Fsp3) is 0.174. The Morgan fingerprint density at radius 3 is 2.38 bits per heavy atom. The Hall–Kier alpha value is -3.18. The Kier molecular flexibility index (Phi) is 6.98. The number of carbonyl (C=O) groups is 1. The summed E-state index contributed by atoms with van der Waals surface area (Å²) in [5, 5.41) is 13.0. The van der Waals surface area contributed by atoms with E-state index in [9.17, 15) is 4.79 Å². The summed E-state index contributed by atoms with van der Waals surface area (Å²) in [6.07, 6.45) is 0. The summed E-state index contributed by atoms with van der Waals surface area (Å²) in [5.41, 5.74) is 3.01. The van der Waals surface area contributed by atoms with E-state index in [2.05, 4.69) is 5.32 Å². The molecule has 29 heavy (non-hydrogen) atoms. The standard InChI is InChI=1S/C23H22ClNO4/c1-2-28-21-5-3-4-18(14-25-20-12-8-17(9-13-20)23(26)27)22(21)29-15-16-6-10-19(24)11-7-16/h3-13,25H,2,14-15H2,1H3,(H,26,27). The Bertz CT molecular complexity index is 956. The van der Waals surface area contributed by atoms with Gasteiger partial charge in [-0.2, -0.15) is 0 Å². The molecule has 150 valence electrons. The first-order valence-electron chi connectivity index (χ1n) is 9.26. The molecular formula is C23H22ClNO4. The molecule has 0 aliphatic heterocycles. The number of benzene rings is 3. The molecule has 6 heteroatoms. The zero-order valence-corrected chi connectivity index (χ0v) is 16.8. The van der Waals surface area contributed by atoms with Gasteiger partial charge in [0.15, 0.2) is 11.5 Å². The van der Waals surface area contributed by atoms with Gasteiger partial charge in [0.05, 0.1) is 12.2 Å². The molecule has 0 bridgehead atoms. The highest BCUT2D eigenvalue weighted by molar-refractivity contribution is 6.30. The van der Waals surface area contributed by atoms with E-state index in [-0.39, 0.29) is 5.56 Å². The number of halogens is 1. The topological polar surface area (TPSA) is 67.8 Å². The van der Waals surface area contributed by atoms with Crippen molar-refractivity contribution < 1.29 is 19.4 Å². The van der Waals surface area contributed by atoms with Gasteiger partial charge in [0.1, 0.15) is 6.61 Å². The highest BCUT2D eigenvalue weighted by Crippen LogP contribution is 2.33. The molecule has 0 spiro atoms. The number of anilines is 1. The maximum absolute atomic E-state index is 11.0. The Balaban J connectivity index is 1.75. The minimum Gasteiger partial charge on any atom is -0.490 e. The molecule has 0 aromatic heterocycles. The highest BCUT2D eigenvalue weighted by Gasteiger charge is 2.12. The van der Waals surface area contributed by atoms with E-state index in [0.717, 1.165) is 16.8 Å². The monoisotopic (exact) mass is 411 g/mol. The Morgan fingerprint density at radius 1 is 1.00 bits per heavy atom. The van der Waals surface area contributed by atoms with Crippen LogP contribution in [0.2, 0.25) is 5.02 Å². The van der Waals surface area contributed by atoms with E-state index < -0.39 is 5.97 Å². The average Bonchev–Trinajstić information content (AvgIpc) is 2.73. The third-order valence-electron chi connectivity index (χ3n) is 4.27. The summed E-state index contributed by atoms with van der Waals surface area (Å²) in [7, 11) is 0. The molecule has 2 N–H and O–H groups in total. The quantitative estimate of drug-likeness (QED) is 0.477. The van der Waals surface area contributed by atoms with E-state index in [4.69, 9.17) is 26.2 Å². The lowest BCUT2D eigenvalue weighted by Crippen LogP contribution is -2.06. The van der Waals surface area contributed by atoms with Crippen molar-refractivity contribution in [1.82, 2.24) is 0 Å². The maximum Gasteiger partial charge on any atom is 0.335 e. The number of ether oxygens (including phenoxy) is 2. The van der Waals surface area contributed by atoms with Crippen LogP contribution in [0.5, 0.6) is 11.5 Å². The van der Waals surface area contributed by atoms with Crippen molar-refractivity contribution in [1.29, 1.82) is 0 Å². The largest absolute Gasteiger partial charge is 0.490 e. The molecule has 5 nitrogen and oxygen atoms in total. The summed E-state index contributed by atoms with van der Waals surface area (Å²) in [6, 6.07) is 19.9. The Labute approximate surface area is 174 Å². The van der Waals surface area contributed by atoms with Gasteiger partial charge in [-0.25, -0.2) is 4.79 Å². The first kappa shape index (κ1) is 20.6.